The summed E-state index contributed by atoms with van der Waals surface area (Å²) in [6.07, 6.45) is 2.82. The second-order valence-electron chi connectivity index (χ2n) is 5.34. The molecule has 9 atom stereocenters. The third-order valence-corrected chi connectivity index (χ3v) is 5.05. The van der Waals surface area contributed by atoms with Crippen LogP contribution in [0.1, 0.15) is 6.42 Å². The molecule has 3 aliphatic carbocycles. The van der Waals surface area contributed by atoms with Gasteiger partial charge in [-0.3, -0.25) is 0 Å². The highest BCUT2D eigenvalue weighted by Gasteiger charge is 2.77. The lowest BCUT2D eigenvalue weighted by Gasteiger charge is -2.26. The lowest BCUT2D eigenvalue weighted by Crippen LogP contribution is -2.34. The van der Waals surface area contributed by atoms with E-state index in [1.807, 2.05) is 0 Å². The molecule has 9 unspecified atom stereocenters. The molecule has 5 rings (SSSR count). The minimum absolute atomic E-state index is 0.171. The Balaban J connectivity index is 1.65. The van der Waals surface area contributed by atoms with Crippen molar-refractivity contribution < 1.29 is 14.6 Å². The molecule has 70 valence electrons. The first-order valence-electron chi connectivity index (χ1n) is 5.35. The van der Waals surface area contributed by atoms with E-state index in [1.54, 1.807) is 0 Å². The van der Waals surface area contributed by atoms with Crippen LogP contribution in [0, 0.1) is 23.7 Å². The number of fused-ring (bicyclic) bond motifs is 10. The number of hydrogen-bond acceptors (Lipinski definition) is 3. The fraction of sp³-hybridized carbons (Fsp3) is 1.00. The first-order chi connectivity index (χ1) is 6.36. The van der Waals surface area contributed by atoms with E-state index in [2.05, 4.69) is 0 Å². The SMILES string of the molecule is OC1C2OC2C2C3CC(C4OC34)C12. The second kappa shape index (κ2) is 1.58. The van der Waals surface area contributed by atoms with Crippen molar-refractivity contribution >= 4 is 0 Å². The molecule has 0 aromatic carbocycles. The molecule has 0 aromatic rings. The van der Waals surface area contributed by atoms with Crippen LogP contribution in [-0.4, -0.2) is 35.6 Å². The smallest absolute Gasteiger partial charge is 0.111 e. The molecule has 0 radical (unpaired) electrons. The predicted molar refractivity (Wildman–Crippen MR) is 41.9 cm³/mol. The first kappa shape index (κ1) is 6.38. The van der Waals surface area contributed by atoms with E-state index in [0.29, 0.717) is 36.1 Å². The monoisotopic (exact) mass is 180 g/mol. The Bertz CT molecular complexity index is 291. The van der Waals surface area contributed by atoms with Gasteiger partial charge in [0.2, 0.25) is 0 Å². The molecule has 2 heterocycles. The van der Waals surface area contributed by atoms with Crippen molar-refractivity contribution in [2.75, 3.05) is 0 Å². The molecule has 2 saturated heterocycles. The van der Waals surface area contributed by atoms with Gasteiger partial charge in [-0.05, 0) is 30.1 Å². The summed E-state index contributed by atoms with van der Waals surface area (Å²) < 4.78 is 11.1. The highest BCUT2D eigenvalue weighted by molar-refractivity contribution is 5.24. The van der Waals surface area contributed by atoms with Crippen LogP contribution in [0.2, 0.25) is 0 Å². The zero-order valence-corrected chi connectivity index (χ0v) is 7.17. The first-order valence-corrected chi connectivity index (χ1v) is 5.35. The standard InChI is InChI=1S/C10H12O3/c11-6-4-2-1-3(8-7(2)12-8)5(4)9-10(6)13-9/h2-11H,1H2. The molecule has 2 aliphatic heterocycles. The van der Waals surface area contributed by atoms with Gasteiger partial charge in [-0.25, -0.2) is 0 Å². The maximum absolute atomic E-state index is 9.99. The van der Waals surface area contributed by atoms with Crippen LogP contribution in [-0.2, 0) is 9.47 Å². The summed E-state index contributed by atoms with van der Waals surface area (Å²) in [5.74, 6) is 2.57. The molecular formula is C10H12O3. The maximum atomic E-state index is 9.99. The van der Waals surface area contributed by atoms with Gasteiger partial charge in [-0.2, -0.15) is 0 Å². The number of hydrogen-bond donors (Lipinski definition) is 1. The Morgan fingerprint density at radius 3 is 2.38 bits per heavy atom. The van der Waals surface area contributed by atoms with Crippen LogP contribution in [0.5, 0.6) is 0 Å². The predicted octanol–water partition coefficient (Wildman–Crippen LogP) is -0.222. The Kier molecular flexibility index (Phi) is 0.773. The van der Waals surface area contributed by atoms with E-state index in [4.69, 9.17) is 9.47 Å². The van der Waals surface area contributed by atoms with Gasteiger partial charge in [0, 0.05) is 0 Å². The van der Waals surface area contributed by atoms with Crippen LogP contribution in [0.25, 0.3) is 0 Å². The molecule has 0 spiro atoms. The Hall–Kier alpha value is -0.120. The molecule has 3 saturated carbocycles. The van der Waals surface area contributed by atoms with Gasteiger partial charge in [-0.1, -0.05) is 0 Å². The largest absolute Gasteiger partial charge is 0.390 e. The maximum Gasteiger partial charge on any atom is 0.111 e. The van der Waals surface area contributed by atoms with E-state index in [1.165, 1.54) is 6.42 Å². The van der Waals surface area contributed by atoms with E-state index >= 15 is 0 Å². The van der Waals surface area contributed by atoms with Crippen molar-refractivity contribution in [3.8, 4) is 0 Å². The summed E-state index contributed by atoms with van der Waals surface area (Å²) in [6, 6.07) is 0. The normalized spacial score (nSPS) is 80.5. The van der Waals surface area contributed by atoms with Gasteiger partial charge in [0.15, 0.2) is 0 Å². The molecule has 3 nitrogen and oxygen atoms in total. The highest BCUT2D eigenvalue weighted by atomic mass is 16.6. The van der Waals surface area contributed by atoms with Gasteiger partial charge in [0.25, 0.3) is 0 Å². The zero-order chi connectivity index (χ0) is 8.32. The highest BCUT2D eigenvalue weighted by Crippen LogP contribution is 2.69. The third-order valence-electron chi connectivity index (χ3n) is 5.05. The van der Waals surface area contributed by atoms with Gasteiger partial charge in [0.05, 0.1) is 24.4 Å². The minimum atomic E-state index is -0.171. The lowest BCUT2D eigenvalue weighted by atomic mass is 9.80. The van der Waals surface area contributed by atoms with E-state index in [-0.39, 0.29) is 12.2 Å². The van der Waals surface area contributed by atoms with Crippen molar-refractivity contribution in [2.45, 2.75) is 36.9 Å². The Labute approximate surface area is 76.0 Å². The summed E-state index contributed by atoms with van der Waals surface area (Å²) in [5, 5.41) is 9.99. The topological polar surface area (TPSA) is 45.3 Å². The van der Waals surface area contributed by atoms with Crippen molar-refractivity contribution in [3.63, 3.8) is 0 Å². The molecule has 1 N–H and O–H groups in total. The quantitative estimate of drug-likeness (QED) is 0.524. The van der Waals surface area contributed by atoms with Gasteiger partial charge in [0.1, 0.15) is 6.10 Å². The van der Waals surface area contributed by atoms with Crippen LogP contribution in [0.15, 0.2) is 0 Å². The van der Waals surface area contributed by atoms with Crippen molar-refractivity contribution in [2.24, 2.45) is 23.7 Å². The summed E-state index contributed by atoms with van der Waals surface area (Å²) in [6.45, 7) is 0. The molecule has 5 fully saturated rings. The molecule has 0 amide bonds. The molecule has 3 heteroatoms. The summed E-state index contributed by atoms with van der Waals surface area (Å²) in [4.78, 5) is 0. The minimum Gasteiger partial charge on any atom is -0.390 e. The summed E-state index contributed by atoms with van der Waals surface area (Å²) >= 11 is 0. The lowest BCUT2D eigenvalue weighted by molar-refractivity contribution is 0.0220. The van der Waals surface area contributed by atoms with E-state index in [0.717, 1.165) is 5.92 Å². The van der Waals surface area contributed by atoms with Gasteiger partial charge < -0.3 is 14.6 Å². The average Bonchev–Trinajstić information content (AvgIpc) is 3.00. The van der Waals surface area contributed by atoms with E-state index in [9.17, 15) is 5.11 Å². The van der Waals surface area contributed by atoms with Gasteiger partial charge in [-0.15, -0.1) is 0 Å². The van der Waals surface area contributed by atoms with Crippen molar-refractivity contribution in [1.29, 1.82) is 0 Å². The number of aliphatic hydroxyl groups is 1. The molecule has 5 aliphatic rings. The molecule has 0 aromatic heterocycles. The number of epoxide rings is 2. The van der Waals surface area contributed by atoms with Gasteiger partial charge >= 0.3 is 0 Å². The fourth-order valence-corrected chi connectivity index (χ4v) is 4.61. The number of aliphatic hydroxyl groups excluding tert-OH is 1. The number of ether oxygens (including phenoxy) is 2. The van der Waals surface area contributed by atoms with E-state index < -0.39 is 0 Å². The second-order valence-corrected chi connectivity index (χ2v) is 5.34. The Morgan fingerprint density at radius 2 is 1.54 bits per heavy atom. The third kappa shape index (κ3) is 0.506. The summed E-state index contributed by atoms with van der Waals surface area (Å²) in [5.41, 5.74) is 0. The van der Waals surface area contributed by atoms with Crippen LogP contribution in [0.4, 0.5) is 0 Å². The molecular weight excluding hydrogens is 168 g/mol. The van der Waals surface area contributed by atoms with Crippen molar-refractivity contribution in [1.82, 2.24) is 0 Å². The molecule has 2 bridgehead atoms. The average molecular weight is 180 g/mol. The molecule has 13 heavy (non-hydrogen) atoms. The van der Waals surface area contributed by atoms with Crippen LogP contribution in [0.3, 0.4) is 0 Å². The summed E-state index contributed by atoms with van der Waals surface area (Å²) in [7, 11) is 0. The van der Waals surface area contributed by atoms with Crippen molar-refractivity contribution in [3.05, 3.63) is 0 Å². The Morgan fingerprint density at radius 1 is 0.846 bits per heavy atom. The number of rotatable bonds is 0. The van der Waals surface area contributed by atoms with Crippen LogP contribution < -0.4 is 0 Å². The zero-order valence-electron chi connectivity index (χ0n) is 7.17. The fourth-order valence-electron chi connectivity index (χ4n) is 4.61. The van der Waals surface area contributed by atoms with Crippen LogP contribution >= 0.6 is 0 Å².